The molecule has 1 rings (SSSR count). The Morgan fingerprint density at radius 3 is 1.56 bits per heavy atom. The number of hydrogen-bond donors (Lipinski definition) is 4. The van der Waals surface area contributed by atoms with Crippen molar-refractivity contribution in [3.05, 3.63) is 36.5 Å². The molecular weight excluding hydrogens is 704 g/mol. The first kappa shape index (κ1) is 50.4. The molecule has 55 heavy (non-hydrogen) atoms. The number of carboxylic acid groups (broad SMARTS) is 1. The average Bonchev–Trinajstić information content (AvgIpc) is 3.17. The van der Waals surface area contributed by atoms with E-state index in [1.807, 2.05) is 0 Å². The lowest BCUT2D eigenvalue weighted by Gasteiger charge is -2.38. The third-order valence-electron chi connectivity index (χ3n) is 9.74. The van der Waals surface area contributed by atoms with Crippen molar-refractivity contribution < 1.29 is 53.8 Å². The number of unbranched alkanes of at least 4 members (excludes halogenated alkanes) is 18. The highest BCUT2D eigenvalue weighted by Crippen LogP contribution is 2.23. The molecule has 6 unspecified atom stereocenters. The van der Waals surface area contributed by atoms with Crippen molar-refractivity contribution in [2.45, 2.75) is 211 Å². The normalized spacial score (nSPS) is 20.8. The third-order valence-corrected chi connectivity index (χ3v) is 9.74. The van der Waals surface area contributed by atoms with Crippen LogP contribution >= 0.6 is 0 Å². The van der Waals surface area contributed by atoms with Crippen molar-refractivity contribution in [1.29, 1.82) is 0 Å². The fourth-order valence-electron chi connectivity index (χ4n) is 6.30. The molecule has 1 aliphatic heterocycles. The lowest BCUT2D eigenvalue weighted by atomic mass is 9.99. The van der Waals surface area contributed by atoms with Crippen LogP contribution in [0.5, 0.6) is 0 Å². The predicted molar refractivity (Wildman–Crippen MR) is 215 cm³/mol. The van der Waals surface area contributed by atoms with Crippen molar-refractivity contribution in [3.8, 4) is 0 Å². The van der Waals surface area contributed by atoms with E-state index >= 15 is 0 Å². The van der Waals surface area contributed by atoms with Gasteiger partial charge in [-0.25, -0.2) is 4.79 Å². The van der Waals surface area contributed by atoms with Crippen LogP contribution in [0.4, 0.5) is 0 Å². The van der Waals surface area contributed by atoms with Gasteiger partial charge in [0.15, 0.2) is 18.5 Å². The van der Waals surface area contributed by atoms with Crippen LogP contribution in [0.15, 0.2) is 36.5 Å². The SMILES string of the molecule is CCCCC/C=C\C/C=C\C/C=C\CCCCCCCCC(=O)OCC(COC1OC(C(=O)O)C(O)C(O)C1O)OC(=O)CCCCCCCCCCCC. The minimum Gasteiger partial charge on any atom is -0.479 e. The third kappa shape index (κ3) is 26.8. The summed E-state index contributed by atoms with van der Waals surface area (Å²) in [6.07, 6.45) is 29.2. The van der Waals surface area contributed by atoms with Crippen molar-refractivity contribution in [2.75, 3.05) is 13.2 Å². The number of hydrogen-bond acceptors (Lipinski definition) is 10. The Kier molecular flexibility index (Phi) is 31.8. The number of ether oxygens (including phenoxy) is 4. The smallest absolute Gasteiger partial charge is 0.335 e. The molecular formula is C44H76O11. The maximum Gasteiger partial charge on any atom is 0.335 e. The molecule has 318 valence electrons. The summed E-state index contributed by atoms with van der Waals surface area (Å²) in [5.41, 5.74) is 0. The highest BCUT2D eigenvalue weighted by molar-refractivity contribution is 5.73. The molecule has 0 spiro atoms. The summed E-state index contributed by atoms with van der Waals surface area (Å²) in [6, 6.07) is 0. The number of aliphatic hydroxyl groups is 3. The molecule has 0 bridgehead atoms. The molecule has 0 aromatic heterocycles. The molecule has 0 radical (unpaired) electrons. The number of carbonyl (C=O) groups excluding carboxylic acids is 2. The van der Waals surface area contributed by atoms with Crippen molar-refractivity contribution in [2.24, 2.45) is 0 Å². The Hall–Kier alpha value is -2.57. The molecule has 0 aromatic rings. The van der Waals surface area contributed by atoms with Crippen LogP contribution in [0, 0.1) is 0 Å². The van der Waals surface area contributed by atoms with E-state index in [-0.39, 0.29) is 19.4 Å². The zero-order valence-corrected chi connectivity index (χ0v) is 34.2. The summed E-state index contributed by atoms with van der Waals surface area (Å²) in [7, 11) is 0. The molecule has 0 saturated carbocycles. The van der Waals surface area contributed by atoms with Gasteiger partial charge in [-0.15, -0.1) is 0 Å². The lowest BCUT2D eigenvalue weighted by Crippen LogP contribution is -2.60. The molecule has 11 heteroatoms. The maximum atomic E-state index is 12.7. The van der Waals surface area contributed by atoms with Gasteiger partial charge in [0, 0.05) is 12.8 Å². The van der Waals surface area contributed by atoms with Crippen molar-refractivity contribution in [1.82, 2.24) is 0 Å². The fourth-order valence-corrected chi connectivity index (χ4v) is 6.30. The molecule has 4 N–H and O–H groups in total. The summed E-state index contributed by atoms with van der Waals surface area (Å²) < 4.78 is 21.7. The second kappa shape index (κ2) is 34.7. The highest BCUT2D eigenvalue weighted by Gasteiger charge is 2.47. The molecule has 1 saturated heterocycles. The summed E-state index contributed by atoms with van der Waals surface area (Å²) in [4.78, 5) is 36.7. The summed E-state index contributed by atoms with van der Waals surface area (Å²) in [5.74, 6) is -2.46. The van der Waals surface area contributed by atoms with Gasteiger partial charge >= 0.3 is 17.9 Å². The van der Waals surface area contributed by atoms with Gasteiger partial charge in [-0.1, -0.05) is 147 Å². The topological polar surface area (TPSA) is 169 Å². The minimum absolute atomic E-state index is 0.181. The number of esters is 2. The maximum absolute atomic E-state index is 12.7. The van der Waals surface area contributed by atoms with E-state index in [1.165, 1.54) is 64.2 Å². The minimum atomic E-state index is -1.86. The first-order chi connectivity index (χ1) is 26.7. The highest BCUT2D eigenvalue weighted by atomic mass is 16.7. The van der Waals surface area contributed by atoms with Crippen LogP contribution in [0.2, 0.25) is 0 Å². The zero-order chi connectivity index (χ0) is 40.4. The van der Waals surface area contributed by atoms with Gasteiger partial charge in [0.2, 0.25) is 0 Å². The lowest BCUT2D eigenvalue weighted by molar-refractivity contribution is -0.298. The molecule has 11 nitrogen and oxygen atoms in total. The molecule has 1 heterocycles. The van der Waals surface area contributed by atoms with Crippen LogP contribution in [0.25, 0.3) is 0 Å². The molecule has 0 amide bonds. The monoisotopic (exact) mass is 781 g/mol. The number of rotatable bonds is 35. The van der Waals surface area contributed by atoms with Gasteiger partial charge in [-0.2, -0.15) is 0 Å². The van der Waals surface area contributed by atoms with Crippen molar-refractivity contribution >= 4 is 17.9 Å². The number of carbonyl (C=O) groups is 3. The van der Waals surface area contributed by atoms with E-state index in [4.69, 9.17) is 18.9 Å². The van der Waals surface area contributed by atoms with E-state index in [2.05, 4.69) is 50.3 Å². The van der Waals surface area contributed by atoms with E-state index in [0.29, 0.717) is 12.8 Å². The van der Waals surface area contributed by atoms with Gasteiger partial charge in [0.25, 0.3) is 0 Å². The van der Waals surface area contributed by atoms with Gasteiger partial charge in [0.1, 0.15) is 24.9 Å². The van der Waals surface area contributed by atoms with Gasteiger partial charge in [-0.05, 0) is 51.4 Å². The van der Waals surface area contributed by atoms with Crippen LogP contribution < -0.4 is 0 Å². The second-order valence-electron chi connectivity index (χ2n) is 14.8. The second-order valence-corrected chi connectivity index (χ2v) is 14.8. The number of aliphatic carboxylic acids is 1. The summed E-state index contributed by atoms with van der Waals surface area (Å²) >= 11 is 0. The zero-order valence-electron chi connectivity index (χ0n) is 34.2. The Labute approximate surface area is 331 Å². The molecule has 0 aromatic carbocycles. The van der Waals surface area contributed by atoms with E-state index in [0.717, 1.165) is 70.6 Å². The van der Waals surface area contributed by atoms with Crippen LogP contribution in [0.3, 0.4) is 0 Å². The number of carboxylic acids is 1. The Morgan fingerprint density at radius 1 is 0.564 bits per heavy atom. The molecule has 6 atom stereocenters. The Balaban J connectivity index is 2.36. The quantitative estimate of drug-likeness (QED) is 0.0275. The van der Waals surface area contributed by atoms with E-state index in [1.54, 1.807) is 0 Å². The van der Waals surface area contributed by atoms with Gasteiger partial charge in [-0.3, -0.25) is 9.59 Å². The van der Waals surface area contributed by atoms with Gasteiger partial charge in [0.05, 0.1) is 6.61 Å². The van der Waals surface area contributed by atoms with Crippen LogP contribution in [-0.2, 0) is 33.3 Å². The van der Waals surface area contributed by atoms with Gasteiger partial charge < -0.3 is 39.4 Å². The van der Waals surface area contributed by atoms with Crippen molar-refractivity contribution in [3.63, 3.8) is 0 Å². The molecule has 1 fully saturated rings. The predicted octanol–water partition coefficient (Wildman–Crippen LogP) is 8.81. The summed E-state index contributed by atoms with van der Waals surface area (Å²) in [6.45, 7) is 3.74. The summed E-state index contributed by atoms with van der Waals surface area (Å²) in [5, 5.41) is 39.7. The number of aliphatic hydroxyl groups excluding tert-OH is 3. The first-order valence-electron chi connectivity index (χ1n) is 21.5. The average molecular weight is 781 g/mol. The molecule has 0 aliphatic carbocycles. The first-order valence-corrected chi connectivity index (χ1v) is 21.5. The van der Waals surface area contributed by atoms with Crippen LogP contribution in [-0.4, -0.2) is 88.4 Å². The number of allylic oxidation sites excluding steroid dienone is 6. The van der Waals surface area contributed by atoms with E-state index < -0.39 is 61.3 Å². The van der Waals surface area contributed by atoms with E-state index in [9.17, 15) is 34.8 Å². The Morgan fingerprint density at radius 2 is 1.02 bits per heavy atom. The fraction of sp³-hybridized carbons (Fsp3) is 0.795. The Bertz CT molecular complexity index is 1060. The standard InChI is InChI=1S/C44H76O11/c1-3-5-7-9-11-13-15-16-17-18-19-20-21-22-23-25-26-28-30-32-37(45)52-34-36(35-53-44-41(49)39(47)40(48)42(55-44)43(50)51)54-38(46)33-31-29-27-24-14-12-10-8-6-4-2/h11,13,16-17,19-20,36,39-42,44,47-49H,3-10,12,14-15,18,21-35H2,1-2H3,(H,50,51)/b13-11-,17-16-,20-19-. The molecule has 1 aliphatic rings. The van der Waals surface area contributed by atoms with Crippen LogP contribution in [0.1, 0.15) is 174 Å². The largest absolute Gasteiger partial charge is 0.479 e.